The monoisotopic (exact) mass is 459 g/mol. The van der Waals surface area contributed by atoms with Gasteiger partial charge in [-0.05, 0) is 54.1 Å². The zero-order valence-corrected chi connectivity index (χ0v) is 18.9. The molecule has 1 saturated heterocycles. The lowest BCUT2D eigenvalue weighted by atomic mass is 10.1. The average molecular weight is 460 g/mol. The van der Waals surface area contributed by atoms with Gasteiger partial charge >= 0.3 is 6.03 Å². The number of amides is 4. The Morgan fingerprint density at radius 1 is 0.882 bits per heavy atom. The summed E-state index contributed by atoms with van der Waals surface area (Å²) in [5.41, 5.74) is 1.82. The van der Waals surface area contributed by atoms with Gasteiger partial charge in [0.15, 0.2) is 0 Å². The van der Waals surface area contributed by atoms with Crippen molar-refractivity contribution in [2.24, 2.45) is 0 Å². The minimum atomic E-state index is -0.947. The van der Waals surface area contributed by atoms with Crippen LogP contribution in [-0.2, 0) is 16.1 Å². The molecule has 8 nitrogen and oxygen atoms in total. The number of hydrogen-bond donors (Lipinski definition) is 1. The number of anilines is 2. The second-order valence-corrected chi connectivity index (χ2v) is 7.77. The van der Waals surface area contributed by atoms with Crippen LogP contribution in [0.3, 0.4) is 0 Å². The number of rotatable bonds is 8. The minimum absolute atomic E-state index is 0.158. The van der Waals surface area contributed by atoms with Gasteiger partial charge in [0.2, 0.25) is 5.91 Å². The van der Waals surface area contributed by atoms with Gasteiger partial charge in [-0.15, -0.1) is 0 Å². The fourth-order valence-electron chi connectivity index (χ4n) is 3.86. The molecule has 1 N–H and O–H groups in total. The van der Waals surface area contributed by atoms with E-state index in [2.05, 4.69) is 5.32 Å². The molecule has 3 aromatic rings. The quantitative estimate of drug-likeness (QED) is 0.513. The summed E-state index contributed by atoms with van der Waals surface area (Å²) in [4.78, 5) is 42.1. The fourth-order valence-corrected chi connectivity index (χ4v) is 3.86. The predicted octanol–water partition coefficient (Wildman–Crippen LogP) is 4.07. The van der Waals surface area contributed by atoms with E-state index >= 15 is 0 Å². The summed E-state index contributed by atoms with van der Waals surface area (Å²) >= 11 is 0. The summed E-state index contributed by atoms with van der Waals surface area (Å²) in [6.45, 7) is 0.158. The van der Waals surface area contributed by atoms with Crippen LogP contribution >= 0.6 is 0 Å². The zero-order valence-electron chi connectivity index (χ0n) is 18.9. The van der Waals surface area contributed by atoms with Gasteiger partial charge in [-0.1, -0.05) is 30.3 Å². The van der Waals surface area contributed by atoms with Crippen LogP contribution in [0.15, 0.2) is 78.9 Å². The summed E-state index contributed by atoms with van der Waals surface area (Å²) in [7, 11) is 3.12. The highest BCUT2D eigenvalue weighted by atomic mass is 16.5. The summed E-state index contributed by atoms with van der Waals surface area (Å²) in [5, 5.41) is 2.79. The number of urea groups is 1. The van der Waals surface area contributed by atoms with E-state index in [1.165, 1.54) is 4.90 Å². The van der Waals surface area contributed by atoms with E-state index in [9.17, 15) is 14.4 Å². The fraction of sp³-hybridized carbons (Fsp3) is 0.192. The predicted molar refractivity (Wildman–Crippen MR) is 128 cm³/mol. The average Bonchev–Trinajstić information content (AvgIpc) is 3.09. The number of hydrogen-bond acceptors (Lipinski definition) is 5. The maximum absolute atomic E-state index is 13.4. The van der Waals surface area contributed by atoms with Crippen molar-refractivity contribution in [3.05, 3.63) is 84.4 Å². The van der Waals surface area contributed by atoms with Crippen LogP contribution in [0.2, 0.25) is 0 Å². The minimum Gasteiger partial charge on any atom is -0.497 e. The van der Waals surface area contributed by atoms with E-state index in [0.29, 0.717) is 22.9 Å². The van der Waals surface area contributed by atoms with Crippen molar-refractivity contribution in [1.82, 2.24) is 4.90 Å². The third-order valence-corrected chi connectivity index (χ3v) is 5.57. The highest BCUT2D eigenvalue weighted by molar-refractivity contribution is 6.22. The molecule has 1 heterocycles. The molecule has 3 aromatic carbocycles. The summed E-state index contributed by atoms with van der Waals surface area (Å²) in [6.07, 6.45) is -0.177. The molecule has 4 amide bonds. The number of ether oxygens (including phenoxy) is 2. The van der Waals surface area contributed by atoms with Crippen molar-refractivity contribution in [2.75, 3.05) is 24.4 Å². The first-order valence-corrected chi connectivity index (χ1v) is 10.8. The van der Waals surface area contributed by atoms with Gasteiger partial charge in [0.05, 0.1) is 26.3 Å². The molecule has 0 aromatic heterocycles. The van der Waals surface area contributed by atoms with Crippen molar-refractivity contribution in [3.63, 3.8) is 0 Å². The van der Waals surface area contributed by atoms with Crippen molar-refractivity contribution in [2.45, 2.75) is 19.0 Å². The number of methoxy groups -OCH3 is 2. The van der Waals surface area contributed by atoms with Crippen LogP contribution in [0.25, 0.3) is 0 Å². The molecule has 1 atom stereocenters. The van der Waals surface area contributed by atoms with Gasteiger partial charge in [-0.3, -0.25) is 9.59 Å². The third-order valence-electron chi connectivity index (χ3n) is 5.57. The Hall–Kier alpha value is -4.33. The zero-order chi connectivity index (χ0) is 24.1. The molecule has 1 fully saturated rings. The smallest absolute Gasteiger partial charge is 0.332 e. The van der Waals surface area contributed by atoms with E-state index in [4.69, 9.17) is 9.47 Å². The second-order valence-electron chi connectivity index (χ2n) is 7.77. The Morgan fingerprint density at radius 3 is 2.26 bits per heavy atom. The van der Waals surface area contributed by atoms with E-state index in [1.54, 1.807) is 74.9 Å². The molecular weight excluding hydrogens is 434 g/mol. The Kier molecular flexibility index (Phi) is 6.77. The highest BCUT2D eigenvalue weighted by Crippen LogP contribution is 2.29. The Morgan fingerprint density at radius 2 is 1.59 bits per heavy atom. The normalized spacial score (nSPS) is 15.4. The molecule has 0 spiro atoms. The number of para-hydroxylation sites is 1. The van der Waals surface area contributed by atoms with Crippen LogP contribution in [0.5, 0.6) is 11.5 Å². The lowest BCUT2D eigenvalue weighted by molar-refractivity contribution is -0.124. The van der Waals surface area contributed by atoms with Crippen molar-refractivity contribution < 1.29 is 23.9 Å². The van der Waals surface area contributed by atoms with Gasteiger partial charge in [0.1, 0.15) is 17.5 Å². The lowest BCUT2D eigenvalue weighted by Crippen LogP contribution is -2.37. The Balaban J connectivity index is 1.58. The molecule has 174 valence electrons. The summed E-state index contributed by atoms with van der Waals surface area (Å²) in [5.74, 6) is 0.493. The SMILES string of the molecule is COc1ccc(NC(=O)C[C@H]2C(=O)N(c3ccccc3)C(=O)N2Cc2cccc(OC)c2)cc1. The molecule has 0 radical (unpaired) electrons. The molecule has 1 aliphatic heterocycles. The standard InChI is InChI=1S/C26H25N3O5/c1-33-21-13-11-19(12-14-21)27-24(30)16-23-25(31)29(20-8-4-3-5-9-20)26(32)28(23)17-18-7-6-10-22(15-18)34-2/h3-15,23H,16-17H2,1-2H3,(H,27,30)/t23-/m0/s1. The summed E-state index contributed by atoms with van der Waals surface area (Å²) < 4.78 is 10.4. The maximum Gasteiger partial charge on any atom is 0.332 e. The molecule has 34 heavy (non-hydrogen) atoms. The van der Waals surface area contributed by atoms with Crippen LogP contribution in [0.1, 0.15) is 12.0 Å². The first kappa shape index (κ1) is 22.8. The molecule has 0 bridgehead atoms. The number of carbonyl (C=O) groups excluding carboxylic acids is 3. The first-order chi connectivity index (χ1) is 16.5. The third kappa shape index (κ3) is 4.85. The molecule has 0 unspecified atom stereocenters. The molecule has 1 aliphatic rings. The Bertz CT molecular complexity index is 1180. The number of benzene rings is 3. The largest absolute Gasteiger partial charge is 0.497 e. The van der Waals surface area contributed by atoms with E-state index in [1.807, 2.05) is 18.2 Å². The topological polar surface area (TPSA) is 88.2 Å². The van der Waals surface area contributed by atoms with Crippen molar-refractivity contribution in [3.8, 4) is 11.5 Å². The number of nitrogens with one attached hydrogen (secondary N) is 1. The van der Waals surface area contributed by atoms with Gasteiger partial charge in [-0.2, -0.15) is 0 Å². The van der Waals surface area contributed by atoms with Crippen molar-refractivity contribution >= 4 is 29.2 Å². The van der Waals surface area contributed by atoms with E-state index < -0.39 is 18.0 Å². The lowest BCUT2D eigenvalue weighted by Gasteiger charge is -2.22. The summed E-state index contributed by atoms with van der Waals surface area (Å²) in [6, 6.07) is 21.4. The van der Waals surface area contributed by atoms with Gasteiger partial charge in [-0.25, -0.2) is 9.69 Å². The number of nitrogens with zero attached hydrogens (tertiary/aromatic N) is 2. The van der Waals surface area contributed by atoms with Crippen LogP contribution in [-0.4, -0.2) is 43.0 Å². The Labute approximate surface area is 197 Å². The molecule has 8 heteroatoms. The van der Waals surface area contributed by atoms with Gasteiger partial charge in [0.25, 0.3) is 5.91 Å². The molecular formula is C26H25N3O5. The first-order valence-electron chi connectivity index (χ1n) is 10.8. The number of carbonyl (C=O) groups is 3. The maximum atomic E-state index is 13.4. The number of imide groups is 1. The molecule has 0 aliphatic carbocycles. The van der Waals surface area contributed by atoms with Crippen LogP contribution < -0.4 is 19.7 Å². The molecule has 0 saturated carbocycles. The van der Waals surface area contributed by atoms with E-state index in [0.717, 1.165) is 10.5 Å². The van der Waals surface area contributed by atoms with Gasteiger partial charge in [0, 0.05) is 12.2 Å². The highest BCUT2D eigenvalue weighted by Gasteiger charge is 2.46. The molecule has 4 rings (SSSR count). The second kappa shape index (κ2) is 10.1. The van der Waals surface area contributed by atoms with Crippen molar-refractivity contribution in [1.29, 1.82) is 0 Å². The van der Waals surface area contributed by atoms with Crippen LogP contribution in [0, 0.1) is 0 Å². The van der Waals surface area contributed by atoms with Crippen LogP contribution in [0.4, 0.5) is 16.2 Å². The van der Waals surface area contributed by atoms with Gasteiger partial charge < -0.3 is 19.7 Å². The van der Waals surface area contributed by atoms with E-state index in [-0.39, 0.29) is 18.9 Å².